The molecule has 0 spiro atoms. The number of ether oxygens (including phenoxy) is 1. The SMILES string of the molecule is COc1cc([C@H]2C3=C(CC(C)(C)CC3=O)Nc3nnnn32)cc([N+](=O)[O-])c1O. The molecule has 2 heterocycles. The number of nitro benzene ring substituents is 1. The minimum atomic E-state index is -0.766. The molecule has 1 aromatic carbocycles. The molecule has 0 amide bonds. The van der Waals surface area contributed by atoms with E-state index in [0.29, 0.717) is 35.6 Å². The molecule has 2 N–H and O–H groups in total. The lowest BCUT2D eigenvalue weighted by Gasteiger charge is -2.37. The van der Waals surface area contributed by atoms with E-state index in [1.807, 2.05) is 13.8 Å². The Bertz CT molecular complexity index is 1040. The Morgan fingerprint density at radius 3 is 2.82 bits per heavy atom. The number of rotatable bonds is 3. The van der Waals surface area contributed by atoms with Gasteiger partial charge in [-0.3, -0.25) is 14.9 Å². The smallest absolute Gasteiger partial charge is 0.315 e. The van der Waals surface area contributed by atoms with Crippen LogP contribution in [0, 0.1) is 15.5 Å². The first-order valence-electron chi connectivity index (χ1n) is 8.58. The summed E-state index contributed by atoms with van der Waals surface area (Å²) in [5.74, 6) is -0.390. The number of tetrazole rings is 1. The molecule has 1 atom stereocenters. The van der Waals surface area contributed by atoms with Crippen molar-refractivity contribution >= 4 is 17.4 Å². The zero-order chi connectivity index (χ0) is 20.2. The van der Waals surface area contributed by atoms with Crippen LogP contribution in [-0.2, 0) is 4.79 Å². The second-order valence-corrected chi connectivity index (χ2v) is 7.66. The molecule has 1 aliphatic carbocycles. The molecule has 1 aromatic heterocycles. The van der Waals surface area contributed by atoms with Crippen molar-refractivity contribution < 1.29 is 19.6 Å². The number of anilines is 1. The van der Waals surface area contributed by atoms with Gasteiger partial charge in [0, 0.05) is 23.8 Å². The maximum absolute atomic E-state index is 13.0. The fourth-order valence-electron chi connectivity index (χ4n) is 3.84. The molecule has 4 rings (SSSR count). The van der Waals surface area contributed by atoms with Gasteiger partial charge in [0.2, 0.25) is 11.7 Å². The maximum atomic E-state index is 13.0. The van der Waals surface area contributed by atoms with Gasteiger partial charge in [-0.2, -0.15) is 4.68 Å². The summed E-state index contributed by atoms with van der Waals surface area (Å²) in [5, 5.41) is 36.2. The number of carbonyl (C=O) groups excluding carboxylic acids is 1. The van der Waals surface area contributed by atoms with E-state index >= 15 is 0 Å². The molecule has 146 valence electrons. The number of benzene rings is 1. The van der Waals surface area contributed by atoms with Gasteiger partial charge >= 0.3 is 5.69 Å². The highest BCUT2D eigenvalue weighted by Crippen LogP contribution is 2.47. The number of nitrogens with zero attached hydrogens (tertiary/aromatic N) is 5. The van der Waals surface area contributed by atoms with Gasteiger partial charge in [-0.15, -0.1) is 0 Å². The standard InChI is InChI=1S/C17H18N6O5/c1-17(2)6-9-13(11(24)7-17)14(22-16(18-9)19-20-21-22)8-4-10(23(26)27)15(25)12(5-8)28-3/h4-5,14,25H,6-7H2,1-3H3,(H,18,19,21)/t14-/m0/s1. The second kappa shape index (κ2) is 6.01. The number of phenols is 1. The Kier molecular flexibility index (Phi) is 3.84. The number of nitro groups is 1. The zero-order valence-electron chi connectivity index (χ0n) is 15.5. The molecule has 28 heavy (non-hydrogen) atoms. The third-order valence-electron chi connectivity index (χ3n) is 5.00. The molecule has 2 aliphatic rings. The molecule has 0 unspecified atom stereocenters. The molecule has 2 aromatic rings. The van der Waals surface area contributed by atoms with Crippen LogP contribution in [0.4, 0.5) is 11.6 Å². The van der Waals surface area contributed by atoms with E-state index in [1.165, 1.54) is 23.9 Å². The Hall–Kier alpha value is -3.50. The van der Waals surface area contributed by atoms with Crippen LogP contribution in [-0.4, -0.2) is 43.1 Å². The third-order valence-corrected chi connectivity index (χ3v) is 5.00. The van der Waals surface area contributed by atoms with Crippen molar-refractivity contribution in [2.45, 2.75) is 32.7 Å². The number of methoxy groups -OCH3 is 1. The lowest BCUT2D eigenvalue weighted by molar-refractivity contribution is -0.386. The minimum absolute atomic E-state index is 0.0666. The number of allylic oxidation sites excluding steroid dienone is 2. The molecular weight excluding hydrogens is 368 g/mol. The van der Waals surface area contributed by atoms with E-state index in [2.05, 4.69) is 20.8 Å². The number of nitrogens with one attached hydrogen (secondary N) is 1. The number of ketones is 1. The van der Waals surface area contributed by atoms with Crippen LogP contribution in [0.2, 0.25) is 0 Å². The monoisotopic (exact) mass is 386 g/mol. The van der Waals surface area contributed by atoms with Crippen molar-refractivity contribution in [3.63, 3.8) is 0 Å². The van der Waals surface area contributed by atoms with Gasteiger partial charge in [0.05, 0.1) is 12.0 Å². The largest absolute Gasteiger partial charge is 0.500 e. The molecule has 0 radical (unpaired) electrons. The number of carbonyl (C=O) groups is 1. The summed E-state index contributed by atoms with van der Waals surface area (Å²) in [6, 6.07) is 1.91. The highest BCUT2D eigenvalue weighted by molar-refractivity contribution is 6.00. The van der Waals surface area contributed by atoms with Gasteiger partial charge in [-0.05, 0) is 33.9 Å². The van der Waals surface area contributed by atoms with Crippen LogP contribution in [0.1, 0.15) is 38.3 Å². The number of hydrogen-bond donors (Lipinski definition) is 2. The number of phenolic OH excluding ortho intramolecular Hbond substituents is 1. The summed E-state index contributed by atoms with van der Waals surface area (Å²) in [6.45, 7) is 3.99. The zero-order valence-corrected chi connectivity index (χ0v) is 15.5. The molecule has 0 bridgehead atoms. The highest BCUT2D eigenvalue weighted by Gasteiger charge is 2.42. The number of fused-ring (bicyclic) bond motifs is 1. The van der Waals surface area contributed by atoms with E-state index in [0.717, 1.165) is 0 Å². The molecule has 11 nitrogen and oxygen atoms in total. The molecule has 0 saturated carbocycles. The van der Waals surface area contributed by atoms with Gasteiger partial charge < -0.3 is 15.2 Å². The molecule has 11 heteroatoms. The summed E-state index contributed by atoms with van der Waals surface area (Å²) < 4.78 is 6.51. The van der Waals surface area contributed by atoms with Crippen LogP contribution in [0.3, 0.4) is 0 Å². The Labute approximate surface area is 159 Å². The normalized spacial score (nSPS) is 20.2. The number of Topliss-reactive ketones (excluding diaryl/α,β-unsaturated/α-hetero) is 1. The topological polar surface area (TPSA) is 145 Å². The van der Waals surface area contributed by atoms with Crippen molar-refractivity contribution in [1.29, 1.82) is 0 Å². The minimum Gasteiger partial charge on any atom is -0.500 e. The number of aromatic hydroxyl groups is 1. The number of aromatic nitrogens is 4. The van der Waals surface area contributed by atoms with E-state index in [1.54, 1.807) is 0 Å². The number of hydrogen-bond acceptors (Lipinski definition) is 9. The van der Waals surface area contributed by atoms with Gasteiger partial charge in [-0.25, -0.2) is 0 Å². The lowest BCUT2D eigenvalue weighted by atomic mass is 9.73. The van der Waals surface area contributed by atoms with Gasteiger partial charge in [-0.1, -0.05) is 18.9 Å². The predicted molar refractivity (Wildman–Crippen MR) is 95.9 cm³/mol. The fraction of sp³-hybridized carbons (Fsp3) is 0.412. The van der Waals surface area contributed by atoms with Crippen LogP contribution in [0.15, 0.2) is 23.4 Å². The van der Waals surface area contributed by atoms with Crippen molar-refractivity contribution in [1.82, 2.24) is 20.2 Å². The van der Waals surface area contributed by atoms with Crippen molar-refractivity contribution in [2.75, 3.05) is 12.4 Å². The molecule has 0 fully saturated rings. The van der Waals surface area contributed by atoms with E-state index in [-0.39, 0.29) is 16.9 Å². The van der Waals surface area contributed by atoms with Crippen molar-refractivity contribution in [3.8, 4) is 11.5 Å². The fourth-order valence-corrected chi connectivity index (χ4v) is 3.84. The lowest BCUT2D eigenvalue weighted by Crippen LogP contribution is -2.36. The van der Waals surface area contributed by atoms with Crippen LogP contribution < -0.4 is 10.1 Å². The molecular formula is C17H18N6O5. The van der Waals surface area contributed by atoms with Crippen LogP contribution in [0.25, 0.3) is 0 Å². The van der Waals surface area contributed by atoms with Crippen LogP contribution in [0.5, 0.6) is 11.5 Å². The van der Waals surface area contributed by atoms with Crippen LogP contribution >= 0.6 is 0 Å². The quantitative estimate of drug-likeness (QED) is 0.597. The summed E-state index contributed by atoms with van der Waals surface area (Å²) >= 11 is 0. The highest BCUT2D eigenvalue weighted by atomic mass is 16.6. The predicted octanol–water partition coefficient (Wildman–Crippen LogP) is 1.95. The van der Waals surface area contributed by atoms with E-state index in [4.69, 9.17) is 4.74 Å². The van der Waals surface area contributed by atoms with Crippen molar-refractivity contribution in [3.05, 3.63) is 39.1 Å². The van der Waals surface area contributed by atoms with Gasteiger partial charge in [0.15, 0.2) is 11.5 Å². The Morgan fingerprint density at radius 2 is 2.14 bits per heavy atom. The second-order valence-electron chi connectivity index (χ2n) is 7.66. The molecule has 1 aliphatic heterocycles. The first kappa shape index (κ1) is 17.9. The average Bonchev–Trinajstić information content (AvgIpc) is 3.07. The van der Waals surface area contributed by atoms with E-state index in [9.17, 15) is 20.0 Å². The van der Waals surface area contributed by atoms with Gasteiger partial charge in [0.25, 0.3) is 0 Å². The summed E-state index contributed by atoms with van der Waals surface area (Å²) in [7, 11) is 1.30. The van der Waals surface area contributed by atoms with Crippen molar-refractivity contribution in [2.24, 2.45) is 5.41 Å². The van der Waals surface area contributed by atoms with Gasteiger partial charge in [0.1, 0.15) is 6.04 Å². The first-order chi connectivity index (χ1) is 13.2. The summed E-state index contributed by atoms with van der Waals surface area (Å²) in [5.41, 5.74) is 0.775. The first-order valence-corrected chi connectivity index (χ1v) is 8.58. The maximum Gasteiger partial charge on any atom is 0.315 e. The summed E-state index contributed by atoms with van der Waals surface area (Å²) in [6.07, 6.45) is 0.938. The average molecular weight is 386 g/mol. The third kappa shape index (κ3) is 2.66. The summed E-state index contributed by atoms with van der Waals surface area (Å²) in [4.78, 5) is 23.7. The Balaban J connectivity index is 1.96. The molecule has 0 saturated heterocycles. The van der Waals surface area contributed by atoms with E-state index < -0.39 is 22.4 Å². The Morgan fingerprint density at radius 1 is 1.39 bits per heavy atom.